The number of hydrogen-bond donors (Lipinski definition) is 2. The molecule has 0 bridgehead atoms. The third-order valence-corrected chi connectivity index (χ3v) is 7.80. The average molecular weight is 604 g/mol. The zero-order valence-corrected chi connectivity index (χ0v) is 23.0. The Morgan fingerprint density at radius 3 is 2.27 bits per heavy atom. The van der Waals surface area contributed by atoms with E-state index in [2.05, 4.69) is 5.32 Å². The molecule has 3 rings (SSSR count). The number of sulfonamides is 1. The maximum absolute atomic E-state index is 14.8. The lowest BCUT2D eigenvalue weighted by molar-refractivity contribution is -0.122. The smallest absolute Gasteiger partial charge is 0.323 e. The van der Waals surface area contributed by atoms with Gasteiger partial charge in [-0.05, 0) is 36.4 Å². The van der Waals surface area contributed by atoms with Crippen LogP contribution in [0, 0.1) is 11.6 Å². The molecular formula is C24H28ClF2N5O7S. The number of amides is 4. The lowest BCUT2D eigenvalue weighted by Gasteiger charge is -2.27. The van der Waals surface area contributed by atoms with Crippen molar-refractivity contribution in [1.29, 1.82) is 0 Å². The molecule has 2 aromatic rings. The molecule has 0 aromatic heterocycles. The average Bonchev–Trinajstić information content (AvgIpc) is 2.89. The van der Waals surface area contributed by atoms with E-state index in [-0.39, 0.29) is 18.8 Å². The van der Waals surface area contributed by atoms with Gasteiger partial charge in [-0.15, -0.1) is 0 Å². The molecule has 0 aliphatic carbocycles. The topological polar surface area (TPSA) is 152 Å². The SMILES string of the molecule is CN(CCN(CC(N)=O)S(=O)(=O)c1cc(F)c(Oc2ccc(Cl)cc2)c(F)c1)C(=O)NC(=O)CN1CCOCC1. The van der Waals surface area contributed by atoms with E-state index in [1.165, 1.54) is 31.3 Å². The first-order valence-corrected chi connectivity index (χ1v) is 13.7. The van der Waals surface area contributed by atoms with E-state index < -0.39 is 63.2 Å². The standard InChI is InChI=1S/C24H28ClF2N5O7S/c1-30(24(35)29-22(34)15-31-8-10-38-11-9-31)6-7-32(14-21(28)33)40(36,37)18-12-19(26)23(20(27)13-18)39-17-4-2-16(25)3-5-17/h2-5,12-13H,6-11,14-15H2,1H3,(H2,28,33)(H,29,34,35). The van der Waals surface area contributed by atoms with Crippen LogP contribution in [0.25, 0.3) is 0 Å². The van der Waals surface area contributed by atoms with Gasteiger partial charge in [-0.3, -0.25) is 19.8 Å². The van der Waals surface area contributed by atoms with Crippen molar-refractivity contribution in [2.75, 3.05) is 59.5 Å². The molecule has 12 nitrogen and oxygen atoms in total. The summed E-state index contributed by atoms with van der Waals surface area (Å²) in [6.07, 6.45) is 0. The first-order chi connectivity index (χ1) is 18.9. The van der Waals surface area contributed by atoms with Gasteiger partial charge in [0.2, 0.25) is 21.8 Å². The summed E-state index contributed by atoms with van der Waals surface area (Å²) in [7, 11) is -3.36. The monoisotopic (exact) mass is 603 g/mol. The summed E-state index contributed by atoms with van der Waals surface area (Å²) in [5.41, 5.74) is 5.20. The first kappa shape index (κ1) is 31.2. The molecule has 2 aromatic carbocycles. The third-order valence-electron chi connectivity index (χ3n) is 5.72. The fourth-order valence-corrected chi connectivity index (χ4v) is 5.14. The number of nitrogens with one attached hydrogen (secondary N) is 1. The van der Waals surface area contributed by atoms with Crippen LogP contribution in [0.1, 0.15) is 0 Å². The Morgan fingerprint density at radius 1 is 1.10 bits per heavy atom. The van der Waals surface area contributed by atoms with Gasteiger partial charge in [0.15, 0.2) is 17.4 Å². The summed E-state index contributed by atoms with van der Waals surface area (Å²) in [5, 5.41) is 2.56. The normalized spacial score (nSPS) is 14.1. The number of primary amides is 1. The second-order valence-corrected chi connectivity index (χ2v) is 11.1. The predicted molar refractivity (Wildman–Crippen MR) is 139 cm³/mol. The molecule has 1 aliphatic heterocycles. The van der Waals surface area contributed by atoms with E-state index in [0.717, 1.165) is 4.90 Å². The van der Waals surface area contributed by atoms with E-state index in [1.54, 1.807) is 4.90 Å². The van der Waals surface area contributed by atoms with Crippen molar-refractivity contribution in [1.82, 2.24) is 19.4 Å². The number of carbonyl (C=O) groups is 3. The molecule has 1 saturated heterocycles. The Morgan fingerprint density at radius 2 is 1.70 bits per heavy atom. The summed E-state index contributed by atoms with van der Waals surface area (Å²) in [5.74, 6) is -5.03. The zero-order chi connectivity index (χ0) is 29.4. The van der Waals surface area contributed by atoms with Crippen LogP contribution in [0.5, 0.6) is 11.5 Å². The molecule has 16 heteroatoms. The molecule has 0 radical (unpaired) electrons. The number of urea groups is 1. The molecular weight excluding hydrogens is 576 g/mol. The van der Waals surface area contributed by atoms with Gasteiger partial charge in [-0.25, -0.2) is 22.0 Å². The Bertz CT molecular complexity index is 1320. The largest absolute Gasteiger partial charge is 0.451 e. The summed E-state index contributed by atoms with van der Waals surface area (Å²) in [4.78, 5) is 38.2. The number of ether oxygens (including phenoxy) is 2. The molecule has 1 aliphatic rings. The van der Waals surface area contributed by atoms with Crippen LogP contribution in [0.2, 0.25) is 5.02 Å². The van der Waals surface area contributed by atoms with Crippen LogP contribution in [-0.4, -0.2) is 99.9 Å². The van der Waals surface area contributed by atoms with Crippen LogP contribution >= 0.6 is 11.6 Å². The zero-order valence-electron chi connectivity index (χ0n) is 21.4. The number of hydrogen-bond acceptors (Lipinski definition) is 8. The Balaban J connectivity index is 1.69. The number of rotatable bonds is 11. The number of nitrogens with two attached hydrogens (primary N) is 1. The fourth-order valence-electron chi connectivity index (χ4n) is 3.59. The first-order valence-electron chi connectivity index (χ1n) is 11.9. The van der Waals surface area contributed by atoms with Crippen LogP contribution < -0.4 is 15.8 Å². The van der Waals surface area contributed by atoms with Gasteiger partial charge in [0.25, 0.3) is 0 Å². The Labute approximate surface area is 234 Å². The van der Waals surface area contributed by atoms with Crippen molar-refractivity contribution >= 4 is 39.5 Å². The summed E-state index contributed by atoms with van der Waals surface area (Å²) < 4.78 is 66.9. The molecule has 1 heterocycles. The lowest BCUT2D eigenvalue weighted by atomic mass is 10.3. The maximum Gasteiger partial charge on any atom is 0.323 e. The van der Waals surface area contributed by atoms with Gasteiger partial charge in [-0.1, -0.05) is 11.6 Å². The van der Waals surface area contributed by atoms with Crippen molar-refractivity contribution in [3.8, 4) is 11.5 Å². The van der Waals surface area contributed by atoms with Crippen LogP contribution in [0.3, 0.4) is 0 Å². The number of carbonyl (C=O) groups excluding carboxylic acids is 3. The highest BCUT2D eigenvalue weighted by Crippen LogP contribution is 2.31. The molecule has 1 fully saturated rings. The van der Waals surface area contributed by atoms with Gasteiger partial charge in [0.1, 0.15) is 5.75 Å². The van der Waals surface area contributed by atoms with Crippen molar-refractivity contribution in [3.63, 3.8) is 0 Å². The van der Waals surface area contributed by atoms with Gasteiger partial charge in [0.05, 0.1) is 31.2 Å². The number of likely N-dealkylation sites (N-methyl/N-ethyl adjacent to an activating group) is 1. The van der Waals surface area contributed by atoms with Gasteiger partial charge < -0.3 is 20.1 Å². The second-order valence-electron chi connectivity index (χ2n) is 8.74. The molecule has 40 heavy (non-hydrogen) atoms. The molecule has 0 unspecified atom stereocenters. The Hall–Kier alpha value is -3.37. The lowest BCUT2D eigenvalue weighted by Crippen LogP contribution is -2.49. The number of benzene rings is 2. The molecule has 4 amide bonds. The number of morpholine rings is 1. The highest BCUT2D eigenvalue weighted by molar-refractivity contribution is 7.89. The highest BCUT2D eigenvalue weighted by atomic mass is 35.5. The Kier molecular flexibility index (Phi) is 10.8. The fraction of sp³-hybridized carbons (Fsp3) is 0.375. The third kappa shape index (κ3) is 8.56. The molecule has 3 N–H and O–H groups in total. The number of imide groups is 1. The van der Waals surface area contributed by atoms with Crippen molar-refractivity contribution in [2.24, 2.45) is 5.73 Å². The summed E-state index contributed by atoms with van der Waals surface area (Å²) in [6, 6.07) is 5.87. The van der Waals surface area contributed by atoms with E-state index in [9.17, 15) is 31.6 Å². The van der Waals surface area contributed by atoms with Crippen molar-refractivity contribution < 1.29 is 41.1 Å². The van der Waals surface area contributed by atoms with Crippen LogP contribution in [0.4, 0.5) is 13.6 Å². The van der Waals surface area contributed by atoms with E-state index in [4.69, 9.17) is 26.8 Å². The minimum atomic E-state index is -4.66. The minimum Gasteiger partial charge on any atom is -0.451 e. The second kappa shape index (κ2) is 13.8. The molecule has 0 spiro atoms. The van der Waals surface area contributed by atoms with E-state index in [1.807, 2.05) is 0 Å². The van der Waals surface area contributed by atoms with Gasteiger partial charge in [0, 0.05) is 38.2 Å². The quantitative estimate of drug-likeness (QED) is 0.391. The van der Waals surface area contributed by atoms with E-state index >= 15 is 0 Å². The van der Waals surface area contributed by atoms with E-state index in [0.29, 0.717) is 47.8 Å². The summed E-state index contributed by atoms with van der Waals surface area (Å²) >= 11 is 5.78. The molecule has 218 valence electrons. The van der Waals surface area contributed by atoms with Crippen LogP contribution in [-0.2, 0) is 24.3 Å². The van der Waals surface area contributed by atoms with Crippen molar-refractivity contribution in [2.45, 2.75) is 4.90 Å². The van der Waals surface area contributed by atoms with Crippen LogP contribution in [0.15, 0.2) is 41.3 Å². The minimum absolute atomic E-state index is 0.0278. The highest BCUT2D eigenvalue weighted by Gasteiger charge is 2.29. The number of nitrogens with zero attached hydrogens (tertiary/aromatic N) is 3. The summed E-state index contributed by atoms with van der Waals surface area (Å²) in [6.45, 7) is 0.388. The van der Waals surface area contributed by atoms with Gasteiger partial charge in [-0.2, -0.15) is 4.31 Å². The predicted octanol–water partition coefficient (Wildman–Crippen LogP) is 1.39. The van der Waals surface area contributed by atoms with Gasteiger partial charge >= 0.3 is 6.03 Å². The number of halogens is 3. The maximum atomic E-state index is 14.8. The molecule has 0 atom stereocenters. The molecule has 0 saturated carbocycles. The van der Waals surface area contributed by atoms with Crippen molar-refractivity contribution in [3.05, 3.63) is 53.1 Å².